The van der Waals surface area contributed by atoms with E-state index in [-0.39, 0.29) is 11.4 Å². The number of hydrogen-bond donors (Lipinski definition) is 2. The minimum Gasteiger partial charge on any atom is -0.373 e. The van der Waals surface area contributed by atoms with Gasteiger partial charge >= 0.3 is 0 Å². The molecule has 0 saturated heterocycles. The largest absolute Gasteiger partial charge is 0.373 e. The van der Waals surface area contributed by atoms with Gasteiger partial charge in [0.15, 0.2) is 5.82 Å². The molecular weight excluding hydrogens is 431 g/mol. The first-order valence-electron chi connectivity index (χ1n) is 10.7. The Balaban J connectivity index is 1.69. The van der Waals surface area contributed by atoms with E-state index < -0.39 is 17.1 Å². The highest BCUT2D eigenvalue weighted by Crippen LogP contribution is 2.33. The van der Waals surface area contributed by atoms with Gasteiger partial charge in [-0.25, -0.2) is 9.37 Å². The second-order valence-corrected chi connectivity index (χ2v) is 8.48. The van der Waals surface area contributed by atoms with Crippen LogP contribution in [-0.4, -0.2) is 27.9 Å². The van der Waals surface area contributed by atoms with Crippen molar-refractivity contribution in [2.24, 2.45) is 0 Å². The molecule has 7 nitrogen and oxygen atoms in total. The zero-order valence-corrected chi connectivity index (χ0v) is 19.3. The summed E-state index contributed by atoms with van der Waals surface area (Å²) in [5, 5.41) is 15.7. The Bertz CT molecular complexity index is 1460. The number of rotatable bonds is 5. The quantitative estimate of drug-likeness (QED) is 0.428. The molecule has 0 saturated carbocycles. The van der Waals surface area contributed by atoms with Gasteiger partial charge in [-0.1, -0.05) is 6.07 Å². The van der Waals surface area contributed by atoms with Crippen molar-refractivity contribution < 1.29 is 9.18 Å². The Morgan fingerprint density at radius 1 is 1.09 bits per heavy atom. The van der Waals surface area contributed by atoms with Crippen LogP contribution in [0.15, 0.2) is 55.0 Å². The van der Waals surface area contributed by atoms with E-state index in [1.807, 2.05) is 12.1 Å². The van der Waals surface area contributed by atoms with Gasteiger partial charge in [-0.2, -0.15) is 5.26 Å². The second-order valence-electron chi connectivity index (χ2n) is 8.48. The summed E-state index contributed by atoms with van der Waals surface area (Å²) in [5.74, 6) is -0.441. The third-order valence-electron chi connectivity index (χ3n) is 5.70. The van der Waals surface area contributed by atoms with Gasteiger partial charge in [0.05, 0.1) is 22.7 Å². The van der Waals surface area contributed by atoms with Gasteiger partial charge in [0, 0.05) is 48.2 Å². The van der Waals surface area contributed by atoms with E-state index in [1.54, 1.807) is 58.4 Å². The summed E-state index contributed by atoms with van der Waals surface area (Å²) in [7, 11) is 1.78. The van der Waals surface area contributed by atoms with Crippen LogP contribution in [0, 0.1) is 24.1 Å². The maximum Gasteiger partial charge on any atom is 0.274 e. The monoisotopic (exact) mass is 454 g/mol. The SMILES string of the molecule is CNc1cc2ncc(-c3c(C)ccc(NC(=O)c4cc(C(C)(C)C#N)ccn4)c3F)cc2cn1. The first-order valence-corrected chi connectivity index (χ1v) is 10.7. The molecule has 4 rings (SSSR count). The standard InChI is InChI=1S/C26H23FN6O/c1-15-5-6-19(33-25(34)21-10-18(7-8-30-21)26(2,3)14-28)24(27)23(15)17-9-16-12-32-22(29-4)11-20(16)31-13-17/h5-13H,1-4H3,(H,29,32)(H,33,34). The highest BCUT2D eigenvalue weighted by atomic mass is 19.1. The lowest BCUT2D eigenvalue weighted by molar-refractivity contribution is 0.102. The van der Waals surface area contributed by atoms with Crippen LogP contribution >= 0.6 is 0 Å². The van der Waals surface area contributed by atoms with Crippen LogP contribution in [0.4, 0.5) is 15.9 Å². The molecule has 0 radical (unpaired) electrons. The molecule has 3 aromatic heterocycles. The Kier molecular flexibility index (Phi) is 5.95. The topological polar surface area (TPSA) is 104 Å². The second kappa shape index (κ2) is 8.87. The zero-order valence-electron chi connectivity index (χ0n) is 19.3. The molecule has 0 aliphatic carbocycles. The van der Waals surface area contributed by atoms with Crippen molar-refractivity contribution in [3.8, 4) is 17.2 Å². The molecule has 1 aromatic carbocycles. The Morgan fingerprint density at radius 3 is 2.62 bits per heavy atom. The smallest absolute Gasteiger partial charge is 0.274 e. The summed E-state index contributed by atoms with van der Waals surface area (Å²) in [4.78, 5) is 25.7. The van der Waals surface area contributed by atoms with Crippen LogP contribution < -0.4 is 10.6 Å². The number of aryl methyl sites for hydroxylation is 1. The van der Waals surface area contributed by atoms with E-state index in [0.717, 1.165) is 10.9 Å². The van der Waals surface area contributed by atoms with E-state index in [2.05, 4.69) is 31.7 Å². The van der Waals surface area contributed by atoms with Gasteiger partial charge in [0.1, 0.15) is 11.5 Å². The summed E-state index contributed by atoms with van der Waals surface area (Å²) < 4.78 is 15.6. The molecule has 0 aliphatic heterocycles. The number of carbonyl (C=O) groups is 1. The van der Waals surface area contributed by atoms with Crippen LogP contribution in [-0.2, 0) is 5.41 Å². The molecule has 170 valence electrons. The number of halogens is 1. The molecule has 3 heterocycles. The van der Waals surface area contributed by atoms with Crippen molar-refractivity contribution in [1.29, 1.82) is 5.26 Å². The maximum absolute atomic E-state index is 15.6. The fourth-order valence-corrected chi connectivity index (χ4v) is 3.61. The molecule has 34 heavy (non-hydrogen) atoms. The molecule has 0 fully saturated rings. The van der Waals surface area contributed by atoms with Crippen molar-refractivity contribution in [2.75, 3.05) is 17.7 Å². The van der Waals surface area contributed by atoms with E-state index in [9.17, 15) is 10.1 Å². The number of amides is 1. The first-order chi connectivity index (χ1) is 16.2. The molecule has 0 bridgehead atoms. The number of aromatic nitrogens is 3. The van der Waals surface area contributed by atoms with Crippen molar-refractivity contribution in [3.05, 3.63) is 77.6 Å². The van der Waals surface area contributed by atoms with Gasteiger partial charge in [-0.3, -0.25) is 14.8 Å². The average Bonchev–Trinajstić information content (AvgIpc) is 2.85. The van der Waals surface area contributed by atoms with Gasteiger partial charge < -0.3 is 10.6 Å². The Labute approximate surface area is 196 Å². The first kappa shape index (κ1) is 22.8. The highest BCUT2D eigenvalue weighted by Gasteiger charge is 2.22. The molecule has 0 atom stereocenters. The third kappa shape index (κ3) is 4.28. The van der Waals surface area contributed by atoms with E-state index in [0.29, 0.717) is 28.1 Å². The molecule has 2 N–H and O–H groups in total. The minimum atomic E-state index is -0.786. The Hall–Kier alpha value is -4.38. The van der Waals surface area contributed by atoms with Crippen LogP contribution in [0.5, 0.6) is 0 Å². The number of carbonyl (C=O) groups excluding carboxylic acids is 1. The lowest BCUT2D eigenvalue weighted by atomic mass is 9.86. The van der Waals surface area contributed by atoms with E-state index >= 15 is 4.39 Å². The lowest BCUT2D eigenvalue weighted by Gasteiger charge is -2.16. The number of nitrogens with one attached hydrogen (secondary N) is 2. The van der Waals surface area contributed by atoms with Gasteiger partial charge in [0.2, 0.25) is 0 Å². The van der Waals surface area contributed by atoms with E-state index in [4.69, 9.17) is 0 Å². The summed E-state index contributed by atoms with van der Waals surface area (Å²) in [6.45, 7) is 5.30. The van der Waals surface area contributed by atoms with Gasteiger partial charge in [-0.15, -0.1) is 0 Å². The molecule has 0 unspecified atom stereocenters. The van der Waals surface area contributed by atoms with Crippen LogP contribution in [0.3, 0.4) is 0 Å². The normalized spacial score (nSPS) is 11.2. The third-order valence-corrected chi connectivity index (χ3v) is 5.70. The fourth-order valence-electron chi connectivity index (χ4n) is 3.61. The van der Waals surface area contributed by atoms with Crippen molar-refractivity contribution in [2.45, 2.75) is 26.2 Å². The van der Waals surface area contributed by atoms with Gasteiger partial charge in [-0.05, 0) is 56.2 Å². The predicted molar refractivity (Wildman–Crippen MR) is 130 cm³/mol. The summed E-state index contributed by atoms with van der Waals surface area (Å²) in [6, 6.07) is 12.3. The molecule has 1 amide bonds. The summed E-state index contributed by atoms with van der Waals surface area (Å²) in [6.07, 6.45) is 4.75. The fraction of sp³-hybridized carbons (Fsp3) is 0.192. The van der Waals surface area contributed by atoms with E-state index in [1.165, 1.54) is 12.3 Å². The van der Waals surface area contributed by atoms with Crippen LogP contribution in [0.2, 0.25) is 0 Å². The lowest BCUT2D eigenvalue weighted by Crippen LogP contribution is -2.19. The van der Waals surface area contributed by atoms with Crippen molar-refractivity contribution in [1.82, 2.24) is 15.0 Å². The van der Waals surface area contributed by atoms with Gasteiger partial charge in [0.25, 0.3) is 5.91 Å². The number of fused-ring (bicyclic) bond motifs is 1. The number of benzene rings is 1. The predicted octanol–water partition coefficient (Wildman–Crippen LogP) is 5.23. The van der Waals surface area contributed by atoms with Crippen molar-refractivity contribution >= 4 is 28.3 Å². The summed E-state index contributed by atoms with van der Waals surface area (Å²) >= 11 is 0. The number of anilines is 2. The van der Waals surface area contributed by atoms with Crippen molar-refractivity contribution in [3.63, 3.8) is 0 Å². The molecular formula is C26H23FN6O. The average molecular weight is 455 g/mol. The Morgan fingerprint density at radius 2 is 1.88 bits per heavy atom. The number of nitriles is 1. The van der Waals surface area contributed by atoms with Crippen LogP contribution in [0.25, 0.3) is 22.0 Å². The highest BCUT2D eigenvalue weighted by molar-refractivity contribution is 6.03. The molecule has 4 aromatic rings. The minimum absolute atomic E-state index is 0.0288. The number of pyridine rings is 3. The maximum atomic E-state index is 15.6. The summed E-state index contributed by atoms with van der Waals surface area (Å²) in [5.41, 5.74) is 2.35. The number of nitrogens with zero attached hydrogens (tertiary/aromatic N) is 4. The number of hydrogen-bond acceptors (Lipinski definition) is 6. The molecule has 8 heteroatoms. The van der Waals surface area contributed by atoms with Crippen LogP contribution in [0.1, 0.15) is 35.5 Å². The molecule has 0 spiro atoms. The molecule has 0 aliphatic rings. The zero-order chi connectivity index (χ0) is 24.5.